The van der Waals surface area contributed by atoms with E-state index >= 15 is 0 Å². The van der Waals surface area contributed by atoms with Crippen LogP contribution < -0.4 is 0 Å². The topological polar surface area (TPSA) is 72.8 Å². The van der Waals surface area contributed by atoms with Gasteiger partial charge in [0.25, 0.3) is 0 Å². The molecule has 0 heterocycles. The molecule has 0 aliphatic carbocycles. The lowest BCUT2D eigenvalue weighted by molar-refractivity contribution is -0.161. The monoisotopic (exact) mass is 653 g/mol. The van der Waals surface area contributed by atoms with Crippen molar-refractivity contribution in [2.45, 2.75) is 155 Å². The first-order valence-corrected chi connectivity index (χ1v) is 18.6. The number of carbonyl (C=O) groups excluding carboxylic acids is 2. The second-order valence-corrected chi connectivity index (χ2v) is 11.9. The van der Waals surface area contributed by atoms with Crippen molar-refractivity contribution < 1.29 is 24.2 Å². The Hall–Kier alpha value is -2.92. The molecule has 0 saturated carbocycles. The van der Waals surface area contributed by atoms with E-state index in [0.717, 1.165) is 89.9 Å². The van der Waals surface area contributed by atoms with E-state index in [1.807, 2.05) is 0 Å². The summed E-state index contributed by atoms with van der Waals surface area (Å²) in [6.07, 6.45) is 50.8. The van der Waals surface area contributed by atoms with Crippen molar-refractivity contribution in [3.8, 4) is 0 Å². The number of aliphatic hydroxyl groups is 1. The number of hydrogen-bond acceptors (Lipinski definition) is 5. The van der Waals surface area contributed by atoms with Crippen molar-refractivity contribution in [1.82, 2.24) is 0 Å². The van der Waals surface area contributed by atoms with Crippen molar-refractivity contribution in [2.24, 2.45) is 0 Å². The van der Waals surface area contributed by atoms with Gasteiger partial charge in [-0.2, -0.15) is 0 Å². The molecule has 1 N–H and O–H groups in total. The number of allylic oxidation sites excluding steroid dienone is 14. The molecule has 0 spiro atoms. The van der Waals surface area contributed by atoms with Gasteiger partial charge in [0.15, 0.2) is 6.10 Å². The molecular formula is C42H68O5. The zero-order valence-electron chi connectivity index (χ0n) is 30.0. The Morgan fingerprint density at radius 3 is 1.38 bits per heavy atom. The molecule has 0 radical (unpaired) electrons. The van der Waals surface area contributed by atoms with Gasteiger partial charge in [-0.1, -0.05) is 150 Å². The Bertz CT molecular complexity index is 921. The van der Waals surface area contributed by atoms with Crippen molar-refractivity contribution in [3.05, 3.63) is 85.1 Å². The smallest absolute Gasteiger partial charge is 0.306 e. The number of aliphatic hydroxyl groups excluding tert-OH is 1. The predicted molar refractivity (Wildman–Crippen MR) is 200 cm³/mol. The summed E-state index contributed by atoms with van der Waals surface area (Å²) in [7, 11) is 0. The number of esters is 2. The molecule has 0 aromatic rings. The number of unbranched alkanes of at least 4 members (excludes halogenated alkanes) is 10. The molecule has 0 saturated heterocycles. The highest BCUT2D eigenvalue weighted by molar-refractivity contribution is 5.70. The maximum absolute atomic E-state index is 12.1. The van der Waals surface area contributed by atoms with E-state index in [-0.39, 0.29) is 25.2 Å². The van der Waals surface area contributed by atoms with Crippen LogP contribution in [0.1, 0.15) is 149 Å². The minimum atomic E-state index is -0.790. The van der Waals surface area contributed by atoms with E-state index < -0.39 is 6.10 Å². The molecule has 0 fully saturated rings. The Labute approximate surface area is 288 Å². The van der Waals surface area contributed by atoms with Crippen LogP contribution in [0, 0.1) is 0 Å². The first kappa shape index (κ1) is 44.1. The summed E-state index contributed by atoms with van der Waals surface area (Å²) < 4.78 is 10.5. The minimum absolute atomic E-state index is 0.0837. The van der Waals surface area contributed by atoms with Crippen molar-refractivity contribution in [1.29, 1.82) is 0 Å². The number of carbonyl (C=O) groups is 2. The third-order valence-corrected chi connectivity index (χ3v) is 7.45. The highest BCUT2D eigenvalue weighted by Gasteiger charge is 2.16. The lowest BCUT2D eigenvalue weighted by Gasteiger charge is -2.15. The van der Waals surface area contributed by atoms with Crippen LogP contribution in [0.25, 0.3) is 0 Å². The molecule has 0 aliphatic heterocycles. The SMILES string of the molecule is CC/C=C\C/C=C\C/C=C\C/C=C\C/C=C\C/C=C\C/C=C\CCCCCC(=O)OC(CO)COC(=O)CCCCCCCCCC. The molecule has 0 aromatic carbocycles. The van der Waals surface area contributed by atoms with E-state index in [9.17, 15) is 14.7 Å². The first-order valence-electron chi connectivity index (χ1n) is 18.6. The molecule has 0 bridgehead atoms. The fourth-order valence-electron chi connectivity index (χ4n) is 4.65. The maximum atomic E-state index is 12.1. The van der Waals surface area contributed by atoms with Gasteiger partial charge in [-0.25, -0.2) is 0 Å². The van der Waals surface area contributed by atoms with Gasteiger partial charge in [0.2, 0.25) is 0 Å². The maximum Gasteiger partial charge on any atom is 0.306 e. The number of hydrogen-bond donors (Lipinski definition) is 1. The summed E-state index contributed by atoms with van der Waals surface area (Å²) in [5.41, 5.74) is 0. The van der Waals surface area contributed by atoms with E-state index in [2.05, 4.69) is 98.9 Å². The molecule has 5 heteroatoms. The van der Waals surface area contributed by atoms with E-state index in [1.165, 1.54) is 32.1 Å². The molecule has 266 valence electrons. The molecule has 0 aromatic heterocycles. The molecule has 1 atom stereocenters. The van der Waals surface area contributed by atoms with Gasteiger partial charge in [0, 0.05) is 12.8 Å². The normalized spacial score (nSPS) is 13.2. The van der Waals surface area contributed by atoms with Crippen molar-refractivity contribution in [2.75, 3.05) is 13.2 Å². The van der Waals surface area contributed by atoms with Gasteiger partial charge in [-0.15, -0.1) is 0 Å². The van der Waals surface area contributed by atoms with Gasteiger partial charge in [0.1, 0.15) is 6.61 Å². The second-order valence-electron chi connectivity index (χ2n) is 11.9. The van der Waals surface area contributed by atoms with Crippen LogP contribution >= 0.6 is 0 Å². The van der Waals surface area contributed by atoms with Crippen LogP contribution in [0.4, 0.5) is 0 Å². The summed E-state index contributed by atoms with van der Waals surface area (Å²) in [5, 5.41) is 9.50. The van der Waals surface area contributed by atoms with Gasteiger partial charge < -0.3 is 14.6 Å². The number of ether oxygens (including phenoxy) is 2. The third-order valence-electron chi connectivity index (χ3n) is 7.45. The lowest BCUT2D eigenvalue weighted by atomic mass is 10.1. The van der Waals surface area contributed by atoms with Crippen LogP contribution in [0.15, 0.2) is 85.1 Å². The van der Waals surface area contributed by atoms with Gasteiger partial charge in [-0.3, -0.25) is 9.59 Å². The Kier molecular flexibility index (Phi) is 35.2. The average molecular weight is 653 g/mol. The van der Waals surface area contributed by atoms with Gasteiger partial charge >= 0.3 is 11.9 Å². The van der Waals surface area contributed by atoms with Gasteiger partial charge in [-0.05, 0) is 70.6 Å². The second kappa shape index (κ2) is 37.5. The largest absolute Gasteiger partial charge is 0.462 e. The zero-order valence-corrected chi connectivity index (χ0v) is 30.0. The molecule has 0 amide bonds. The van der Waals surface area contributed by atoms with Crippen molar-refractivity contribution >= 4 is 11.9 Å². The zero-order chi connectivity index (χ0) is 34.3. The van der Waals surface area contributed by atoms with Crippen LogP contribution in [-0.2, 0) is 19.1 Å². The summed E-state index contributed by atoms with van der Waals surface area (Å²) in [5.74, 6) is -0.643. The minimum Gasteiger partial charge on any atom is -0.462 e. The van der Waals surface area contributed by atoms with E-state index in [1.54, 1.807) is 0 Å². The Morgan fingerprint density at radius 1 is 0.511 bits per heavy atom. The molecule has 0 aliphatic rings. The quantitative estimate of drug-likeness (QED) is 0.0445. The summed E-state index contributed by atoms with van der Waals surface area (Å²) in [6.45, 7) is 3.94. The molecular weight excluding hydrogens is 584 g/mol. The van der Waals surface area contributed by atoms with Gasteiger partial charge in [0.05, 0.1) is 6.61 Å². The van der Waals surface area contributed by atoms with E-state index in [4.69, 9.17) is 9.47 Å². The Balaban J connectivity index is 3.70. The van der Waals surface area contributed by atoms with E-state index in [0.29, 0.717) is 12.8 Å². The van der Waals surface area contributed by atoms with Crippen LogP contribution in [0.5, 0.6) is 0 Å². The highest BCUT2D eigenvalue weighted by atomic mass is 16.6. The predicted octanol–water partition coefficient (Wildman–Crippen LogP) is 11.6. The van der Waals surface area contributed by atoms with Crippen LogP contribution in [0.3, 0.4) is 0 Å². The molecule has 47 heavy (non-hydrogen) atoms. The lowest BCUT2D eigenvalue weighted by Crippen LogP contribution is -2.28. The van der Waals surface area contributed by atoms with Crippen LogP contribution in [-0.4, -0.2) is 36.4 Å². The Morgan fingerprint density at radius 2 is 0.915 bits per heavy atom. The third kappa shape index (κ3) is 35.8. The average Bonchev–Trinajstić information content (AvgIpc) is 3.07. The molecule has 0 rings (SSSR count). The summed E-state index contributed by atoms with van der Waals surface area (Å²) in [6, 6.07) is 0. The molecule has 5 nitrogen and oxygen atoms in total. The van der Waals surface area contributed by atoms with Crippen molar-refractivity contribution in [3.63, 3.8) is 0 Å². The highest BCUT2D eigenvalue weighted by Crippen LogP contribution is 2.11. The fourth-order valence-corrected chi connectivity index (χ4v) is 4.65. The molecule has 1 unspecified atom stereocenters. The fraction of sp³-hybridized carbons (Fsp3) is 0.619. The van der Waals surface area contributed by atoms with Crippen LogP contribution in [0.2, 0.25) is 0 Å². The standard InChI is InChI=1S/C42H68O5/c1-3-5-7-9-11-13-14-15-16-17-18-19-20-21-22-23-24-25-26-27-28-29-31-33-35-37-42(45)47-40(38-43)39-46-41(44)36-34-32-30-12-10-8-6-4-2/h5,7,11,13,15-16,18-19,21-22,24-25,27-28,40,43H,3-4,6,8-10,12,14,17,20,23,26,29-39H2,1-2H3/b7-5-,13-11-,16-15-,19-18-,22-21-,25-24-,28-27-. The number of rotatable bonds is 32. The first-order chi connectivity index (χ1) is 23.1. The summed E-state index contributed by atoms with van der Waals surface area (Å²) in [4.78, 5) is 24.1. The summed E-state index contributed by atoms with van der Waals surface area (Å²) >= 11 is 0.